The Hall–Kier alpha value is -0.260. The zero-order valence-corrected chi connectivity index (χ0v) is 9.99. The van der Waals surface area contributed by atoms with Crippen molar-refractivity contribution in [3.63, 3.8) is 0 Å². The zero-order valence-electron chi connectivity index (χ0n) is 7.59. The van der Waals surface area contributed by atoms with Gasteiger partial charge in [0.15, 0.2) is 0 Å². The number of rotatable bonds is 2. The molecule has 0 bridgehead atoms. The molecule has 1 aromatic carbocycles. The number of hydrogen-bond donors (Lipinski definition) is 1. The molecule has 0 saturated heterocycles. The molecular formula is C9H10BrClF3N. The predicted molar refractivity (Wildman–Crippen MR) is 59.0 cm³/mol. The van der Waals surface area contributed by atoms with Gasteiger partial charge in [-0.1, -0.05) is 34.1 Å². The van der Waals surface area contributed by atoms with Crippen LogP contribution in [0.25, 0.3) is 0 Å². The summed E-state index contributed by atoms with van der Waals surface area (Å²) in [7, 11) is 0. The fourth-order valence-corrected chi connectivity index (χ4v) is 1.71. The van der Waals surface area contributed by atoms with E-state index in [-0.39, 0.29) is 12.4 Å². The fraction of sp³-hybridized carbons (Fsp3) is 0.333. The molecule has 0 spiro atoms. The molecule has 0 saturated carbocycles. The molecule has 1 nitrogen and oxygen atoms in total. The van der Waals surface area contributed by atoms with Crippen LogP contribution in [0.1, 0.15) is 18.0 Å². The van der Waals surface area contributed by atoms with E-state index in [1.807, 2.05) is 0 Å². The number of nitrogens with two attached hydrogens (primary N) is 1. The maximum atomic E-state index is 12.0. The molecule has 0 amide bonds. The van der Waals surface area contributed by atoms with E-state index in [1.54, 1.807) is 24.3 Å². The molecule has 1 rings (SSSR count). The summed E-state index contributed by atoms with van der Waals surface area (Å²) in [6, 6.07) is 5.64. The van der Waals surface area contributed by atoms with E-state index in [4.69, 9.17) is 5.73 Å². The summed E-state index contributed by atoms with van der Waals surface area (Å²) in [5, 5.41) is 0. The molecular weight excluding hydrogens is 294 g/mol. The number of halogens is 5. The van der Waals surface area contributed by atoms with Crippen molar-refractivity contribution in [1.82, 2.24) is 0 Å². The topological polar surface area (TPSA) is 26.0 Å². The van der Waals surface area contributed by atoms with Crippen LogP contribution in [0.2, 0.25) is 0 Å². The van der Waals surface area contributed by atoms with Crippen LogP contribution in [0.15, 0.2) is 28.7 Å². The van der Waals surface area contributed by atoms with E-state index < -0.39 is 18.6 Å². The summed E-state index contributed by atoms with van der Waals surface area (Å²) in [6.45, 7) is 0. The second-order valence-electron chi connectivity index (χ2n) is 2.95. The van der Waals surface area contributed by atoms with Crippen molar-refractivity contribution in [2.75, 3.05) is 0 Å². The molecule has 1 atom stereocenters. The van der Waals surface area contributed by atoms with E-state index in [0.29, 0.717) is 10.0 Å². The largest absolute Gasteiger partial charge is 0.390 e. The first kappa shape index (κ1) is 14.7. The first-order chi connectivity index (χ1) is 6.40. The van der Waals surface area contributed by atoms with Gasteiger partial charge < -0.3 is 5.73 Å². The van der Waals surface area contributed by atoms with Gasteiger partial charge in [0, 0.05) is 10.5 Å². The summed E-state index contributed by atoms with van der Waals surface area (Å²) in [6.07, 6.45) is -5.23. The number of alkyl halides is 3. The third-order valence-electron chi connectivity index (χ3n) is 1.76. The van der Waals surface area contributed by atoms with E-state index in [9.17, 15) is 13.2 Å². The van der Waals surface area contributed by atoms with E-state index in [1.165, 1.54) is 0 Å². The van der Waals surface area contributed by atoms with E-state index in [0.717, 1.165) is 0 Å². The Labute approximate surface area is 100 Å². The van der Waals surface area contributed by atoms with Crippen molar-refractivity contribution in [3.05, 3.63) is 34.3 Å². The van der Waals surface area contributed by atoms with Crippen molar-refractivity contribution < 1.29 is 13.2 Å². The van der Waals surface area contributed by atoms with Crippen molar-refractivity contribution >= 4 is 28.3 Å². The van der Waals surface area contributed by atoms with Gasteiger partial charge in [-0.2, -0.15) is 13.2 Å². The maximum Gasteiger partial charge on any atom is 0.390 e. The van der Waals surface area contributed by atoms with Gasteiger partial charge in [-0.25, -0.2) is 0 Å². The highest BCUT2D eigenvalue weighted by atomic mass is 79.9. The summed E-state index contributed by atoms with van der Waals surface area (Å²) in [4.78, 5) is 0. The first-order valence-corrected chi connectivity index (χ1v) is 4.76. The normalized spacial score (nSPS) is 13.1. The molecule has 6 heteroatoms. The highest BCUT2D eigenvalue weighted by Gasteiger charge is 2.31. The SMILES string of the molecule is Cl.N[C@H](CC(F)(F)F)c1ccccc1Br. The summed E-state index contributed by atoms with van der Waals surface area (Å²) >= 11 is 3.16. The molecule has 1 aromatic rings. The van der Waals surface area contributed by atoms with Crippen LogP contribution in [0.4, 0.5) is 13.2 Å². The second-order valence-corrected chi connectivity index (χ2v) is 3.80. The quantitative estimate of drug-likeness (QED) is 0.883. The minimum Gasteiger partial charge on any atom is -0.324 e. The molecule has 2 N–H and O–H groups in total. The van der Waals surface area contributed by atoms with Gasteiger partial charge in [0.1, 0.15) is 0 Å². The molecule has 0 unspecified atom stereocenters. The van der Waals surface area contributed by atoms with Crippen LogP contribution >= 0.6 is 28.3 Å². The first-order valence-electron chi connectivity index (χ1n) is 3.97. The third kappa shape index (κ3) is 4.86. The van der Waals surface area contributed by atoms with Gasteiger partial charge >= 0.3 is 6.18 Å². The lowest BCUT2D eigenvalue weighted by molar-refractivity contribution is -0.138. The molecule has 0 aliphatic carbocycles. The molecule has 0 heterocycles. The maximum absolute atomic E-state index is 12.0. The van der Waals surface area contributed by atoms with Crippen molar-refractivity contribution in [3.8, 4) is 0 Å². The molecule has 86 valence electrons. The van der Waals surface area contributed by atoms with Gasteiger partial charge in [-0.15, -0.1) is 12.4 Å². The van der Waals surface area contributed by atoms with Crippen LogP contribution in [-0.4, -0.2) is 6.18 Å². The van der Waals surface area contributed by atoms with Crippen LogP contribution in [0.3, 0.4) is 0 Å². The van der Waals surface area contributed by atoms with Gasteiger partial charge in [0.2, 0.25) is 0 Å². The summed E-state index contributed by atoms with van der Waals surface area (Å²) < 4.78 is 36.7. The molecule has 15 heavy (non-hydrogen) atoms. The average Bonchev–Trinajstić information content (AvgIpc) is 2.01. The minimum absolute atomic E-state index is 0. The average molecular weight is 305 g/mol. The predicted octanol–water partition coefficient (Wildman–Crippen LogP) is 3.82. The smallest absolute Gasteiger partial charge is 0.324 e. The van der Waals surface area contributed by atoms with Crippen LogP contribution in [0, 0.1) is 0 Å². The van der Waals surface area contributed by atoms with Gasteiger partial charge in [0.25, 0.3) is 0 Å². The highest BCUT2D eigenvalue weighted by Crippen LogP contribution is 2.31. The molecule has 0 aromatic heterocycles. The lowest BCUT2D eigenvalue weighted by atomic mass is 10.0. The van der Waals surface area contributed by atoms with Gasteiger partial charge in [-0.05, 0) is 11.6 Å². The number of hydrogen-bond acceptors (Lipinski definition) is 1. The monoisotopic (exact) mass is 303 g/mol. The summed E-state index contributed by atoms with van der Waals surface area (Å²) in [5.41, 5.74) is 5.91. The van der Waals surface area contributed by atoms with Gasteiger partial charge in [0.05, 0.1) is 6.42 Å². The third-order valence-corrected chi connectivity index (χ3v) is 2.48. The zero-order chi connectivity index (χ0) is 10.8. The van der Waals surface area contributed by atoms with Gasteiger partial charge in [-0.3, -0.25) is 0 Å². The number of benzene rings is 1. The lowest BCUT2D eigenvalue weighted by Gasteiger charge is -2.15. The Morgan fingerprint density at radius 3 is 2.27 bits per heavy atom. The summed E-state index contributed by atoms with van der Waals surface area (Å²) in [5.74, 6) is 0. The fourth-order valence-electron chi connectivity index (χ4n) is 1.14. The molecule has 0 fully saturated rings. The Morgan fingerprint density at radius 2 is 1.80 bits per heavy atom. The standard InChI is InChI=1S/C9H9BrF3N.ClH/c10-7-4-2-1-3-6(7)8(14)5-9(11,12)13;/h1-4,8H,5,14H2;1H/t8-;/m1./s1. The van der Waals surface area contributed by atoms with Crippen LogP contribution < -0.4 is 5.73 Å². The Balaban J connectivity index is 0.00000196. The lowest BCUT2D eigenvalue weighted by Crippen LogP contribution is -2.20. The van der Waals surface area contributed by atoms with E-state index in [2.05, 4.69) is 15.9 Å². The van der Waals surface area contributed by atoms with Crippen molar-refractivity contribution in [1.29, 1.82) is 0 Å². The van der Waals surface area contributed by atoms with Crippen LogP contribution in [-0.2, 0) is 0 Å². The van der Waals surface area contributed by atoms with E-state index >= 15 is 0 Å². The Bertz CT molecular complexity index is 316. The molecule has 0 aliphatic rings. The van der Waals surface area contributed by atoms with Crippen molar-refractivity contribution in [2.24, 2.45) is 5.73 Å². The Kier molecular flexibility index (Phi) is 5.62. The minimum atomic E-state index is -4.23. The molecule has 0 radical (unpaired) electrons. The Morgan fingerprint density at radius 1 is 1.27 bits per heavy atom. The highest BCUT2D eigenvalue weighted by molar-refractivity contribution is 9.10. The van der Waals surface area contributed by atoms with Crippen molar-refractivity contribution in [2.45, 2.75) is 18.6 Å². The second kappa shape index (κ2) is 5.72. The molecule has 0 aliphatic heterocycles. The van der Waals surface area contributed by atoms with Crippen LogP contribution in [0.5, 0.6) is 0 Å².